The van der Waals surface area contributed by atoms with Crippen LogP contribution in [0.4, 0.5) is 8.78 Å². The Morgan fingerprint density at radius 1 is 1.36 bits per heavy atom. The second kappa shape index (κ2) is 4.82. The summed E-state index contributed by atoms with van der Waals surface area (Å²) in [5, 5.41) is 17.9. The maximum Gasteiger partial charge on any atom is 0.143 e. The lowest BCUT2D eigenvalue weighted by atomic mass is 10.1. The van der Waals surface area contributed by atoms with E-state index in [1.165, 1.54) is 0 Å². The van der Waals surface area contributed by atoms with Crippen LogP contribution in [0.3, 0.4) is 0 Å². The number of benzene rings is 1. The van der Waals surface area contributed by atoms with Crippen LogP contribution >= 0.6 is 15.9 Å². The highest BCUT2D eigenvalue weighted by Crippen LogP contribution is 2.26. The van der Waals surface area contributed by atoms with Gasteiger partial charge in [0, 0.05) is 18.6 Å². The SMILES string of the molecule is OCCC(O)c1cc(F)cc(Br)c1F. The molecule has 0 radical (unpaired) electrons. The molecule has 78 valence electrons. The minimum Gasteiger partial charge on any atom is -0.396 e. The van der Waals surface area contributed by atoms with E-state index in [0.717, 1.165) is 12.1 Å². The minimum absolute atomic E-state index is 0.0210. The van der Waals surface area contributed by atoms with Gasteiger partial charge in [-0.05, 0) is 28.1 Å². The van der Waals surface area contributed by atoms with E-state index in [0.29, 0.717) is 0 Å². The molecule has 1 unspecified atom stereocenters. The Kier molecular flexibility index (Phi) is 3.97. The third kappa shape index (κ3) is 2.50. The van der Waals surface area contributed by atoms with E-state index < -0.39 is 17.7 Å². The van der Waals surface area contributed by atoms with Gasteiger partial charge in [-0.15, -0.1) is 0 Å². The van der Waals surface area contributed by atoms with Gasteiger partial charge in [-0.3, -0.25) is 0 Å². The van der Waals surface area contributed by atoms with E-state index >= 15 is 0 Å². The standard InChI is InChI=1S/C9H9BrF2O2/c10-7-4-5(11)3-6(9(7)12)8(14)1-2-13/h3-4,8,13-14H,1-2H2. The fourth-order valence-electron chi connectivity index (χ4n) is 1.10. The van der Waals surface area contributed by atoms with Gasteiger partial charge in [0.25, 0.3) is 0 Å². The predicted molar refractivity (Wildman–Crippen MR) is 50.7 cm³/mol. The van der Waals surface area contributed by atoms with Crippen molar-refractivity contribution in [3.8, 4) is 0 Å². The predicted octanol–water partition coefficient (Wildman–Crippen LogP) is 2.14. The summed E-state index contributed by atoms with van der Waals surface area (Å²) in [5.41, 5.74) is -0.147. The van der Waals surface area contributed by atoms with Crippen LogP contribution in [0.15, 0.2) is 16.6 Å². The summed E-state index contributed by atoms with van der Waals surface area (Å²) in [6.07, 6.45) is -1.21. The third-order valence-corrected chi connectivity index (χ3v) is 2.36. The average molecular weight is 267 g/mol. The number of halogens is 3. The molecule has 0 saturated heterocycles. The lowest BCUT2D eigenvalue weighted by molar-refractivity contribution is 0.130. The van der Waals surface area contributed by atoms with Crippen LogP contribution in [-0.4, -0.2) is 16.8 Å². The normalized spacial score (nSPS) is 12.9. The van der Waals surface area contributed by atoms with Crippen molar-refractivity contribution in [2.75, 3.05) is 6.61 Å². The van der Waals surface area contributed by atoms with Crippen molar-refractivity contribution in [2.24, 2.45) is 0 Å². The molecule has 0 aliphatic carbocycles. The largest absolute Gasteiger partial charge is 0.396 e. The molecule has 0 aromatic heterocycles. The van der Waals surface area contributed by atoms with Crippen molar-refractivity contribution in [1.29, 1.82) is 0 Å². The molecule has 1 atom stereocenters. The van der Waals surface area contributed by atoms with Gasteiger partial charge >= 0.3 is 0 Å². The highest BCUT2D eigenvalue weighted by atomic mass is 79.9. The smallest absolute Gasteiger partial charge is 0.143 e. The molecule has 5 heteroatoms. The summed E-state index contributed by atoms with van der Waals surface area (Å²) in [4.78, 5) is 0. The van der Waals surface area contributed by atoms with Crippen LogP contribution in [0, 0.1) is 11.6 Å². The van der Waals surface area contributed by atoms with Crippen LogP contribution < -0.4 is 0 Å². The first kappa shape index (κ1) is 11.6. The lowest BCUT2D eigenvalue weighted by Crippen LogP contribution is -2.04. The van der Waals surface area contributed by atoms with Gasteiger partial charge < -0.3 is 10.2 Å². The van der Waals surface area contributed by atoms with Gasteiger partial charge in [0.05, 0.1) is 10.6 Å². The first-order chi connectivity index (χ1) is 6.56. The molecule has 0 aliphatic rings. The van der Waals surface area contributed by atoms with Crippen LogP contribution in [0.2, 0.25) is 0 Å². The topological polar surface area (TPSA) is 40.5 Å². The molecule has 0 fully saturated rings. The number of aliphatic hydroxyl groups excluding tert-OH is 2. The first-order valence-electron chi connectivity index (χ1n) is 3.99. The molecule has 0 spiro atoms. The quantitative estimate of drug-likeness (QED) is 0.824. The molecule has 0 bridgehead atoms. The molecule has 1 rings (SSSR count). The Balaban J connectivity index is 3.07. The van der Waals surface area contributed by atoms with Crippen molar-refractivity contribution in [3.05, 3.63) is 33.8 Å². The molecule has 2 nitrogen and oxygen atoms in total. The fraction of sp³-hybridized carbons (Fsp3) is 0.333. The summed E-state index contributed by atoms with van der Waals surface area (Å²) >= 11 is 2.83. The monoisotopic (exact) mass is 266 g/mol. The minimum atomic E-state index is -1.19. The molecular weight excluding hydrogens is 258 g/mol. The number of hydrogen-bond donors (Lipinski definition) is 2. The molecule has 0 saturated carbocycles. The Morgan fingerprint density at radius 2 is 2.00 bits per heavy atom. The van der Waals surface area contributed by atoms with Crippen molar-refractivity contribution in [2.45, 2.75) is 12.5 Å². The summed E-state index contributed by atoms with van der Waals surface area (Å²) < 4.78 is 26.1. The molecule has 1 aromatic rings. The summed E-state index contributed by atoms with van der Waals surface area (Å²) in [7, 11) is 0. The van der Waals surface area contributed by atoms with Crippen LogP contribution in [0.1, 0.15) is 18.1 Å². The van der Waals surface area contributed by atoms with Crippen LogP contribution in [-0.2, 0) is 0 Å². The zero-order valence-corrected chi connectivity index (χ0v) is 8.76. The van der Waals surface area contributed by atoms with E-state index in [1.54, 1.807) is 0 Å². The number of aliphatic hydroxyl groups is 2. The van der Waals surface area contributed by atoms with Gasteiger partial charge in [0.1, 0.15) is 11.6 Å². The zero-order valence-electron chi connectivity index (χ0n) is 7.17. The molecule has 0 aliphatic heterocycles. The molecule has 1 aromatic carbocycles. The Labute approximate surface area is 88.3 Å². The summed E-state index contributed by atoms with van der Waals surface area (Å²) in [5.74, 6) is -1.34. The fourth-order valence-corrected chi connectivity index (χ4v) is 1.54. The summed E-state index contributed by atoms with van der Waals surface area (Å²) in [6.45, 7) is -0.283. The second-order valence-corrected chi connectivity index (χ2v) is 3.67. The van der Waals surface area contributed by atoms with Crippen LogP contribution in [0.5, 0.6) is 0 Å². The van der Waals surface area contributed by atoms with E-state index in [1.807, 2.05) is 0 Å². The van der Waals surface area contributed by atoms with E-state index in [9.17, 15) is 13.9 Å². The highest BCUT2D eigenvalue weighted by molar-refractivity contribution is 9.10. The zero-order chi connectivity index (χ0) is 10.7. The lowest BCUT2D eigenvalue weighted by Gasteiger charge is -2.11. The van der Waals surface area contributed by atoms with Crippen LogP contribution in [0.25, 0.3) is 0 Å². The summed E-state index contributed by atoms with van der Waals surface area (Å²) in [6, 6.07) is 1.89. The maximum absolute atomic E-state index is 13.3. The number of rotatable bonds is 3. The van der Waals surface area contributed by atoms with Gasteiger partial charge in [0.15, 0.2) is 0 Å². The van der Waals surface area contributed by atoms with Crippen molar-refractivity contribution in [1.82, 2.24) is 0 Å². The third-order valence-electron chi connectivity index (χ3n) is 1.78. The van der Waals surface area contributed by atoms with Gasteiger partial charge in [0.2, 0.25) is 0 Å². The molecular formula is C9H9BrF2O2. The molecule has 0 heterocycles. The molecule has 2 N–H and O–H groups in total. The van der Waals surface area contributed by atoms with Gasteiger partial charge in [-0.2, -0.15) is 0 Å². The Hall–Kier alpha value is -0.520. The number of hydrogen-bond acceptors (Lipinski definition) is 2. The Bertz CT molecular complexity index is 331. The van der Waals surface area contributed by atoms with Crippen molar-refractivity contribution < 1.29 is 19.0 Å². The second-order valence-electron chi connectivity index (χ2n) is 2.82. The molecule has 14 heavy (non-hydrogen) atoms. The molecule has 0 amide bonds. The van der Waals surface area contributed by atoms with E-state index in [-0.39, 0.29) is 23.1 Å². The van der Waals surface area contributed by atoms with E-state index in [2.05, 4.69) is 15.9 Å². The van der Waals surface area contributed by atoms with E-state index in [4.69, 9.17) is 5.11 Å². The van der Waals surface area contributed by atoms with Gasteiger partial charge in [-0.25, -0.2) is 8.78 Å². The highest BCUT2D eigenvalue weighted by Gasteiger charge is 2.16. The van der Waals surface area contributed by atoms with Crippen molar-refractivity contribution in [3.63, 3.8) is 0 Å². The Morgan fingerprint density at radius 3 is 2.57 bits per heavy atom. The van der Waals surface area contributed by atoms with Crippen molar-refractivity contribution >= 4 is 15.9 Å². The maximum atomic E-state index is 13.3. The average Bonchev–Trinajstić information content (AvgIpc) is 2.11. The first-order valence-corrected chi connectivity index (χ1v) is 4.79. The van der Waals surface area contributed by atoms with Gasteiger partial charge in [-0.1, -0.05) is 0 Å².